The van der Waals surface area contributed by atoms with E-state index in [1.807, 2.05) is 6.92 Å². The van der Waals surface area contributed by atoms with Crippen molar-refractivity contribution in [2.75, 3.05) is 13.7 Å². The van der Waals surface area contributed by atoms with Gasteiger partial charge in [0.15, 0.2) is 0 Å². The monoisotopic (exact) mass is 276 g/mol. The van der Waals surface area contributed by atoms with Crippen molar-refractivity contribution in [3.05, 3.63) is 53.5 Å². The SMILES string of the molecule is CCOc1ccc(C(O)c2ccc(C(=O)OC)o2)cc1. The smallest absolute Gasteiger partial charge is 0.373 e. The molecule has 0 spiro atoms. The second-order valence-electron chi connectivity index (χ2n) is 4.10. The first-order chi connectivity index (χ1) is 9.65. The normalized spacial score (nSPS) is 11.9. The third kappa shape index (κ3) is 3.00. The van der Waals surface area contributed by atoms with Gasteiger partial charge in [-0.05, 0) is 36.8 Å². The summed E-state index contributed by atoms with van der Waals surface area (Å²) < 4.78 is 15.2. The Bertz CT molecular complexity index is 570. The number of rotatable bonds is 5. The highest BCUT2D eigenvalue weighted by Gasteiger charge is 2.18. The quantitative estimate of drug-likeness (QED) is 0.850. The number of methoxy groups -OCH3 is 1. The van der Waals surface area contributed by atoms with Gasteiger partial charge in [-0.25, -0.2) is 4.79 Å². The van der Waals surface area contributed by atoms with Crippen LogP contribution in [0.1, 0.15) is 34.9 Å². The van der Waals surface area contributed by atoms with Gasteiger partial charge in [0.25, 0.3) is 0 Å². The molecular weight excluding hydrogens is 260 g/mol. The minimum atomic E-state index is -0.941. The molecule has 1 atom stereocenters. The Morgan fingerprint density at radius 3 is 2.55 bits per heavy atom. The zero-order valence-corrected chi connectivity index (χ0v) is 11.3. The van der Waals surface area contributed by atoms with Crippen LogP contribution < -0.4 is 4.74 Å². The molecule has 20 heavy (non-hydrogen) atoms. The lowest BCUT2D eigenvalue weighted by Gasteiger charge is -2.09. The van der Waals surface area contributed by atoms with Gasteiger partial charge in [0.2, 0.25) is 5.76 Å². The van der Waals surface area contributed by atoms with Crippen molar-refractivity contribution in [2.45, 2.75) is 13.0 Å². The van der Waals surface area contributed by atoms with E-state index < -0.39 is 12.1 Å². The molecule has 2 aromatic rings. The molecule has 1 unspecified atom stereocenters. The van der Waals surface area contributed by atoms with Crippen LogP contribution in [0.25, 0.3) is 0 Å². The van der Waals surface area contributed by atoms with Crippen molar-refractivity contribution in [3.8, 4) is 5.75 Å². The molecule has 0 bridgehead atoms. The summed E-state index contributed by atoms with van der Waals surface area (Å²) in [6.07, 6.45) is -0.941. The third-order valence-corrected chi connectivity index (χ3v) is 2.79. The van der Waals surface area contributed by atoms with Gasteiger partial charge in [-0.2, -0.15) is 0 Å². The van der Waals surface area contributed by atoms with Gasteiger partial charge in [0.1, 0.15) is 17.6 Å². The number of aliphatic hydroxyl groups excluding tert-OH is 1. The highest BCUT2D eigenvalue weighted by molar-refractivity contribution is 5.86. The summed E-state index contributed by atoms with van der Waals surface area (Å²) in [6, 6.07) is 10.1. The summed E-state index contributed by atoms with van der Waals surface area (Å²) >= 11 is 0. The minimum absolute atomic E-state index is 0.0625. The molecule has 106 valence electrons. The molecule has 1 N–H and O–H groups in total. The van der Waals surface area contributed by atoms with E-state index in [0.717, 1.165) is 5.75 Å². The van der Waals surface area contributed by atoms with Gasteiger partial charge >= 0.3 is 5.97 Å². The van der Waals surface area contributed by atoms with Crippen LogP contribution in [-0.2, 0) is 4.74 Å². The molecule has 5 heteroatoms. The van der Waals surface area contributed by atoms with E-state index in [2.05, 4.69) is 4.74 Å². The molecular formula is C15H16O5. The number of aliphatic hydroxyl groups is 1. The fraction of sp³-hybridized carbons (Fsp3) is 0.267. The first kappa shape index (κ1) is 14.1. The number of hydrogen-bond donors (Lipinski definition) is 1. The molecule has 1 aromatic heterocycles. The number of esters is 1. The van der Waals surface area contributed by atoms with E-state index in [-0.39, 0.29) is 11.5 Å². The Morgan fingerprint density at radius 1 is 1.25 bits per heavy atom. The van der Waals surface area contributed by atoms with Crippen LogP contribution in [-0.4, -0.2) is 24.8 Å². The van der Waals surface area contributed by atoms with Gasteiger partial charge in [0, 0.05) is 0 Å². The van der Waals surface area contributed by atoms with Crippen molar-refractivity contribution in [1.29, 1.82) is 0 Å². The highest BCUT2D eigenvalue weighted by Crippen LogP contribution is 2.25. The second-order valence-corrected chi connectivity index (χ2v) is 4.10. The van der Waals surface area contributed by atoms with Gasteiger partial charge in [0.05, 0.1) is 13.7 Å². The molecule has 1 heterocycles. The first-order valence-electron chi connectivity index (χ1n) is 6.24. The minimum Gasteiger partial charge on any atom is -0.494 e. The fourth-order valence-electron chi connectivity index (χ4n) is 1.79. The predicted molar refractivity (Wildman–Crippen MR) is 71.7 cm³/mol. The molecule has 0 saturated carbocycles. The van der Waals surface area contributed by atoms with Crippen LogP contribution in [0, 0.1) is 0 Å². The summed E-state index contributed by atoms with van der Waals surface area (Å²) in [4.78, 5) is 11.3. The van der Waals surface area contributed by atoms with Crippen molar-refractivity contribution >= 4 is 5.97 Å². The lowest BCUT2D eigenvalue weighted by atomic mass is 10.1. The van der Waals surface area contributed by atoms with Crippen LogP contribution in [0.2, 0.25) is 0 Å². The van der Waals surface area contributed by atoms with Crippen LogP contribution >= 0.6 is 0 Å². The lowest BCUT2D eigenvalue weighted by molar-refractivity contribution is 0.0558. The molecule has 0 amide bonds. The van der Waals surface area contributed by atoms with Gasteiger partial charge < -0.3 is 19.0 Å². The van der Waals surface area contributed by atoms with E-state index in [1.165, 1.54) is 13.2 Å². The zero-order chi connectivity index (χ0) is 14.5. The number of benzene rings is 1. The molecule has 5 nitrogen and oxygen atoms in total. The number of hydrogen-bond acceptors (Lipinski definition) is 5. The molecule has 0 aliphatic rings. The van der Waals surface area contributed by atoms with Crippen LogP contribution in [0.15, 0.2) is 40.8 Å². The van der Waals surface area contributed by atoms with Crippen LogP contribution in [0.5, 0.6) is 5.75 Å². The summed E-state index contributed by atoms with van der Waals surface area (Å²) in [5.41, 5.74) is 0.652. The number of carbonyl (C=O) groups excluding carboxylic acids is 1. The van der Waals surface area contributed by atoms with E-state index in [9.17, 15) is 9.90 Å². The Hall–Kier alpha value is -2.27. The average Bonchev–Trinajstić information content (AvgIpc) is 2.96. The van der Waals surface area contributed by atoms with E-state index in [1.54, 1.807) is 30.3 Å². The largest absolute Gasteiger partial charge is 0.494 e. The number of furan rings is 1. The second kappa shape index (κ2) is 6.25. The van der Waals surface area contributed by atoms with E-state index >= 15 is 0 Å². The maximum absolute atomic E-state index is 11.3. The number of ether oxygens (including phenoxy) is 2. The van der Waals surface area contributed by atoms with Crippen molar-refractivity contribution in [2.24, 2.45) is 0 Å². The maximum atomic E-state index is 11.3. The van der Waals surface area contributed by atoms with E-state index in [0.29, 0.717) is 12.2 Å². The Balaban J connectivity index is 2.15. The average molecular weight is 276 g/mol. The number of carbonyl (C=O) groups is 1. The molecule has 0 aliphatic carbocycles. The zero-order valence-electron chi connectivity index (χ0n) is 11.3. The Kier molecular flexibility index (Phi) is 4.42. The Morgan fingerprint density at radius 2 is 1.95 bits per heavy atom. The molecule has 1 aromatic carbocycles. The van der Waals surface area contributed by atoms with E-state index in [4.69, 9.17) is 9.15 Å². The summed E-state index contributed by atoms with van der Waals surface area (Å²) in [7, 11) is 1.27. The van der Waals surface area contributed by atoms with Gasteiger partial charge in [-0.1, -0.05) is 12.1 Å². The third-order valence-electron chi connectivity index (χ3n) is 2.79. The van der Waals surface area contributed by atoms with Crippen molar-refractivity contribution < 1.29 is 23.8 Å². The topological polar surface area (TPSA) is 68.9 Å². The molecule has 0 aliphatic heterocycles. The predicted octanol–water partition coefficient (Wildman–Crippen LogP) is 2.55. The Labute approximate surface area is 116 Å². The van der Waals surface area contributed by atoms with Crippen molar-refractivity contribution in [1.82, 2.24) is 0 Å². The molecule has 2 rings (SSSR count). The maximum Gasteiger partial charge on any atom is 0.373 e. The standard InChI is InChI=1S/C15H16O5/c1-3-19-11-6-4-10(5-7-11)14(16)12-8-9-13(20-12)15(17)18-2/h4-9,14,16H,3H2,1-2H3. The van der Waals surface area contributed by atoms with Crippen LogP contribution in [0.4, 0.5) is 0 Å². The van der Waals surface area contributed by atoms with Gasteiger partial charge in [-0.3, -0.25) is 0 Å². The molecule has 0 fully saturated rings. The lowest BCUT2D eigenvalue weighted by Crippen LogP contribution is -2.00. The fourth-order valence-corrected chi connectivity index (χ4v) is 1.79. The highest BCUT2D eigenvalue weighted by atomic mass is 16.5. The van der Waals surface area contributed by atoms with Gasteiger partial charge in [-0.15, -0.1) is 0 Å². The summed E-state index contributed by atoms with van der Waals surface area (Å²) in [5.74, 6) is 0.510. The summed E-state index contributed by atoms with van der Waals surface area (Å²) in [5, 5.41) is 10.2. The van der Waals surface area contributed by atoms with Crippen LogP contribution in [0.3, 0.4) is 0 Å². The molecule has 0 radical (unpaired) electrons. The first-order valence-corrected chi connectivity index (χ1v) is 6.24. The molecule has 0 saturated heterocycles. The summed E-state index contributed by atoms with van der Waals surface area (Å²) in [6.45, 7) is 2.49. The van der Waals surface area contributed by atoms with Crippen molar-refractivity contribution in [3.63, 3.8) is 0 Å².